The molecule has 3 N–H and O–H groups in total. The average molecular weight is 398 g/mol. The highest BCUT2D eigenvalue weighted by Gasteiger charge is 2.20. The van der Waals surface area contributed by atoms with Gasteiger partial charge in [-0.25, -0.2) is 18.2 Å². The SMILES string of the molecule is O=C(O)C1=CC(=NNc2ccccc2S(=O)(=O)Nc2ccccn2)C=CC1=O. The molecule has 1 aliphatic rings. The highest BCUT2D eigenvalue weighted by atomic mass is 32.2. The molecule has 3 rings (SSSR count). The predicted molar refractivity (Wildman–Crippen MR) is 102 cm³/mol. The van der Waals surface area contributed by atoms with Crippen LogP contribution in [0.5, 0.6) is 0 Å². The molecule has 0 bridgehead atoms. The molecule has 9 nitrogen and oxygen atoms in total. The summed E-state index contributed by atoms with van der Waals surface area (Å²) in [5.41, 5.74) is 2.48. The van der Waals surface area contributed by atoms with Crippen molar-refractivity contribution in [3.05, 3.63) is 72.5 Å². The summed E-state index contributed by atoms with van der Waals surface area (Å²) in [6.07, 6.45) is 4.96. The molecule has 0 saturated carbocycles. The quantitative estimate of drug-likeness (QED) is 0.383. The second-order valence-electron chi connectivity index (χ2n) is 5.53. The van der Waals surface area contributed by atoms with E-state index >= 15 is 0 Å². The normalized spacial score (nSPS) is 15.2. The van der Waals surface area contributed by atoms with Crippen molar-refractivity contribution in [3.8, 4) is 0 Å². The Morgan fingerprint density at radius 3 is 2.54 bits per heavy atom. The first-order chi connectivity index (χ1) is 13.4. The van der Waals surface area contributed by atoms with Crippen molar-refractivity contribution in [1.29, 1.82) is 0 Å². The van der Waals surface area contributed by atoms with Crippen LogP contribution in [0.25, 0.3) is 0 Å². The zero-order valence-corrected chi connectivity index (χ0v) is 15.1. The van der Waals surface area contributed by atoms with Crippen LogP contribution in [0.1, 0.15) is 0 Å². The number of aliphatic carboxylic acids is 1. The third-order valence-corrected chi connectivity index (χ3v) is 4.99. The molecule has 28 heavy (non-hydrogen) atoms. The van der Waals surface area contributed by atoms with Crippen LogP contribution in [-0.2, 0) is 19.6 Å². The lowest BCUT2D eigenvalue weighted by Gasteiger charge is -2.12. The highest BCUT2D eigenvalue weighted by Crippen LogP contribution is 2.23. The van der Waals surface area contributed by atoms with Crippen LogP contribution in [0.3, 0.4) is 0 Å². The zero-order chi connectivity index (χ0) is 20.1. The fraction of sp³-hybridized carbons (Fsp3) is 0. The molecule has 0 saturated heterocycles. The van der Waals surface area contributed by atoms with E-state index in [0.717, 1.165) is 12.2 Å². The van der Waals surface area contributed by atoms with Gasteiger partial charge in [-0.2, -0.15) is 5.10 Å². The van der Waals surface area contributed by atoms with Crippen LogP contribution in [0.2, 0.25) is 0 Å². The van der Waals surface area contributed by atoms with Crippen LogP contribution in [0, 0.1) is 0 Å². The number of carboxylic acid groups (broad SMARTS) is 1. The molecule has 1 aromatic carbocycles. The minimum absolute atomic E-state index is 0.0803. The van der Waals surface area contributed by atoms with Crippen molar-refractivity contribution in [2.45, 2.75) is 4.90 Å². The monoisotopic (exact) mass is 398 g/mol. The summed E-state index contributed by atoms with van der Waals surface area (Å²) >= 11 is 0. The maximum absolute atomic E-state index is 12.7. The van der Waals surface area contributed by atoms with Crippen molar-refractivity contribution in [2.75, 3.05) is 10.1 Å². The second kappa shape index (κ2) is 7.84. The maximum atomic E-state index is 12.7. The number of hydrogen-bond donors (Lipinski definition) is 3. The van der Waals surface area contributed by atoms with Crippen LogP contribution in [-0.4, -0.2) is 36.0 Å². The number of nitrogens with one attached hydrogen (secondary N) is 2. The number of carbonyl (C=O) groups is 2. The summed E-state index contributed by atoms with van der Waals surface area (Å²) in [7, 11) is -3.96. The number of carbonyl (C=O) groups excluding carboxylic acids is 1. The van der Waals surface area contributed by atoms with Crippen LogP contribution in [0.15, 0.2) is 82.5 Å². The Kier molecular flexibility index (Phi) is 5.32. The average Bonchev–Trinajstić information content (AvgIpc) is 2.68. The van der Waals surface area contributed by atoms with Crippen molar-refractivity contribution < 1.29 is 23.1 Å². The summed E-state index contributed by atoms with van der Waals surface area (Å²) in [5, 5.41) is 13.0. The fourth-order valence-electron chi connectivity index (χ4n) is 2.29. The number of ketones is 1. The number of allylic oxidation sites excluding steroid dienone is 3. The van der Waals surface area contributed by atoms with Gasteiger partial charge in [-0.3, -0.25) is 14.9 Å². The van der Waals surface area contributed by atoms with Crippen molar-refractivity contribution in [1.82, 2.24) is 4.98 Å². The largest absolute Gasteiger partial charge is 0.478 e. The molecule has 0 fully saturated rings. The Balaban J connectivity index is 1.88. The van der Waals surface area contributed by atoms with Gasteiger partial charge >= 0.3 is 5.97 Å². The molecule has 0 aliphatic heterocycles. The van der Waals surface area contributed by atoms with Gasteiger partial charge in [-0.15, -0.1) is 0 Å². The van der Waals surface area contributed by atoms with Crippen LogP contribution in [0.4, 0.5) is 11.5 Å². The molecular formula is C18H14N4O5S. The van der Waals surface area contributed by atoms with E-state index in [4.69, 9.17) is 5.11 Å². The molecule has 0 atom stereocenters. The number of nitrogens with zero attached hydrogens (tertiary/aromatic N) is 2. The number of hydrogen-bond acceptors (Lipinski definition) is 7. The molecule has 1 heterocycles. The van der Waals surface area contributed by atoms with Crippen LogP contribution < -0.4 is 10.1 Å². The van der Waals surface area contributed by atoms with Gasteiger partial charge in [-0.1, -0.05) is 18.2 Å². The molecule has 0 radical (unpaired) electrons. The lowest BCUT2D eigenvalue weighted by molar-refractivity contribution is -0.134. The van der Waals surface area contributed by atoms with Gasteiger partial charge in [0, 0.05) is 6.20 Å². The molecule has 0 spiro atoms. The second-order valence-corrected chi connectivity index (χ2v) is 7.18. The number of hydrazone groups is 1. The predicted octanol–water partition coefficient (Wildman–Crippen LogP) is 1.80. The van der Waals surface area contributed by atoms with Crippen molar-refractivity contribution in [2.24, 2.45) is 5.10 Å². The molecule has 2 aromatic rings. The Hall–Kier alpha value is -3.79. The van der Waals surface area contributed by atoms with E-state index in [1.54, 1.807) is 24.3 Å². The summed E-state index contributed by atoms with van der Waals surface area (Å²) in [6.45, 7) is 0. The molecule has 1 aliphatic carbocycles. The minimum Gasteiger partial charge on any atom is -0.478 e. The van der Waals surface area contributed by atoms with Crippen molar-refractivity contribution >= 4 is 39.0 Å². The van der Waals surface area contributed by atoms with E-state index in [1.807, 2.05) is 0 Å². The number of anilines is 2. The highest BCUT2D eigenvalue weighted by molar-refractivity contribution is 7.92. The van der Waals surface area contributed by atoms with Gasteiger partial charge in [0.2, 0.25) is 0 Å². The summed E-state index contributed by atoms with van der Waals surface area (Å²) in [4.78, 5) is 26.4. The van der Waals surface area contributed by atoms with Crippen molar-refractivity contribution in [3.63, 3.8) is 0 Å². The van der Waals surface area contributed by atoms with E-state index in [9.17, 15) is 18.0 Å². The number of para-hydroxylation sites is 1. The third-order valence-electron chi connectivity index (χ3n) is 3.58. The summed E-state index contributed by atoms with van der Waals surface area (Å²) < 4.78 is 27.7. The Morgan fingerprint density at radius 2 is 1.82 bits per heavy atom. The van der Waals surface area contributed by atoms with E-state index in [2.05, 4.69) is 20.2 Å². The first kappa shape index (κ1) is 19.0. The van der Waals surface area contributed by atoms with E-state index in [1.165, 1.54) is 30.5 Å². The lowest BCUT2D eigenvalue weighted by atomic mass is 10.0. The molecule has 0 unspecified atom stereocenters. The first-order valence-electron chi connectivity index (χ1n) is 7.91. The number of carboxylic acids is 1. The molecule has 10 heteroatoms. The Bertz CT molecular complexity index is 1120. The van der Waals surface area contributed by atoms with Crippen LogP contribution >= 0.6 is 0 Å². The number of pyridine rings is 1. The van der Waals surface area contributed by atoms with Gasteiger partial charge in [0.15, 0.2) is 5.78 Å². The number of aromatic nitrogens is 1. The lowest BCUT2D eigenvalue weighted by Crippen LogP contribution is -2.17. The van der Waals surface area contributed by atoms with Gasteiger partial charge in [0.1, 0.15) is 16.3 Å². The zero-order valence-electron chi connectivity index (χ0n) is 14.2. The molecule has 142 valence electrons. The Labute approximate surface area is 160 Å². The Morgan fingerprint density at radius 1 is 1.07 bits per heavy atom. The first-order valence-corrected chi connectivity index (χ1v) is 9.39. The standard InChI is InChI=1S/C18H14N4O5S/c23-15-9-8-12(11-13(15)18(24)25)20-21-14-5-1-2-6-16(14)28(26,27)22-17-7-3-4-10-19-17/h1-11,21H,(H,19,22)(H,24,25). The number of rotatable bonds is 6. The van der Waals surface area contributed by atoms with Gasteiger partial charge in [0.05, 0.1) is 11.4 Å². The summed E-state index contributed by atoms with van der Waals surface area (Å²) in [6, 6.07) is 10.8. The topological polar surface area (TPSA) is 138 Å². The smallest absolute Gasteiger partial charge is 0.339 e. The number of sulfonamides is 1. The molecular weight excluding hydrogens is 384 g/mol. The minimum atomic E-state index is -3.96. The van der Waals surface area contributed by atoms with Gasteiger partial charge in [-0.05, 0) is 42.5 Å². The van der Waals surface area contributed by atoms with Gasteiger partial charge in [0.25, 0.3) is 10.0 Å². The maximum Gasteiger partial charge on any atom is 0.339 e. The number of benzene rings is 1. The van der Waals surface area contributed by atoms with E-state index in [-0.39, 0.29) is 22.1 Å². The third kappa shape index (κ3) is 4.30. The van der Waals surface area contributed by atoms with E-state index < -0.39 is 27.3 Å². The molecule has 1 aromatic heterocycles. The summed E-state index contributed by atoms with van der Waals surface area (Å²) in [5.74, 6) is -1.86. The molecule has 0 amide bonds. The van der Waals surface area contributed by atoms with E-state index in [0.29, 0.717) is 0 Å². The fourth-order valence-corrected chi connectivity index (χ4v) is 3.46. The van der Waals surface area contributed by atoms with Gasteiger partial charge < -0.3 is 5.11 Å².